The Bertz CT molecular complexity index is 3020. The summed E-state index contributed by atoms with van der Waals surface area (Å²) in [7, 11) is 0. The summed E-state index contributed by atoms with van der Waals surface area (Å²) in [6.07, 6.45) is 6.47. The van der Waals surface area contributed by atoms with Crippen molar-refractivity contribution in [3.63, 3.8) is 0 Å². The summed E-state index contributed by atoms with van der Waals surface area (Å²) in [5, 5.41) is 5.02. The summed E-state index contributed by atoms with van der Waals surface area (Å²) < 4.78 is 4.89. The second-order valence-corrected chi connectivity index (χ2v) is 14.9. The van der Waals surface area contributed by atoms with Gasteiger partial charge in [-0.1, -0.05) is 142 Å². The Morgan fingerprint density at radius 1 is 0.500 bits per heavy atom. The number of rotatable bonds is 6. The molecule has 7 aromatic carbocycles. The number of hydrogen-bond acceptors (Lipinski definition) is 0. The average Bonchev–Trinajstić information content (AvgIpc) is 3.80. The minimum Gasteiger partial charge on any atom is -0.309 e. The molecule has 0 saturated heterocycles. The summed E-state index contributed by atoms with van der Waals surface area (Å²) in [6.45, 7) is 11.1. The zero-order valence-electron chi connectivity index (χ0n) is 30.8. The van der Waals surface area contributed by atoms with Crippen molar-refractivity contribution in [2.75, 3.05) is 0 Å². The molecule has 0 radical (unpaired) electrons. The average molecular weight is 693 g/mol. The summed E-state index contributed by atoms with van der Waals surface area (Å²) >= 11 is 0. The molecule has 0 saturated carbocycles. The smallest absolute Gasteiger partial charge is 0.0588 e. The van der Waals surface area contributed by atoms with E-state index in [9.17, 15) is 0 Å². The predicted molar refractivity (Wildman–Crippen MR) is 231 cm³/mol. The van der Waals surface area contributed by atoms with Crippen LogP contribution in [-0.2, 0) is 5.41 Å². The van der Waals surface area contributed by atoms with Gasteiger partial charge in [0.05, 0.1) is 22.1 Å². The monoisotopic (exact) mass is 692 g/mol. The van der Waals surface area contributed by atoms with Gasteiger partial charge >= 0.3 is 0 Å². The Balaban J connectivity index is 1.23. The number of fused-ring (bicyclic) bond motifs is 8. The SMILES string of the molecule is C=CC1=C(/C=C\C)C(C)(C)c2c1ccc1c3cc(-c4ccc5c(c4)c4ccccc4n5-c4ccccc4)ccc3n(-c3cccc(-c4ccccc4)c3)c21. The molecule has 2 heterocycles. The maximum Gasteiger partial charge on any atom is 0.0588 e. The lowest BCUT2D eigenvalue weighted by atomic mass is 9.80. The van der Waals surface area contributed by atoms with E-state index < -0.39 is 0 Å². The lowest BCUT2D eigenvalue weighted by Gasteiger charge is -2.25. The highest BCUT2D eigenvalue weighted by molar-refractivity contribution is 6.15. The molecule has 1 aliphatic carbocycles. The standard InChI is InChI=1S/C52H40N2/c1-5-16-46-40(6-2)42-27-28-43-45-33-37(36-25-29-48-44(32-36)41-23-13-14-24-47(41)53(48)38-20-11-8-12-21-38)26-30-49(45)54(51(43)50(42)52(46,3)4)39-22-15-19-35(31-39)34-17-9-7-10-18-34/h5-33H,2H2,1,3-4H3/b16-5-. The molecule has 9 aromatic rings. The molecule has 1 aliphatic rings. The first kappa shape index (κ1) is 32.0. The Kier molecular flexibility index (Phi) is 7.25. The van der Waals surface area contributed by atoms with Gasteiger partial charge < -0.3 is 9.13 Å². The first-order chi connectivity index (χ1) is 26.5. The highest BCUT2D eigenvalue weighted by Crippen LogP contribution is 2.52. The third-order valence-corrected chi connectivity index (χ3v) is 11.6. The molecule has 0 spiro atoms. The Hall–Kier alpha value is -6.64. The van der Waals surface area contributed by atoms with E-state index in [0.29, 0.717) is 0 Å². The Morgan fingerprint density at radius 2 is 1.09 bits per heavy atom. The number of aromatic nitrogens is 2. The Labute approximate surface area is 316 Å². The molecule has 2 aromatic heterocycles. The highest BCUT2D eigenvalue weighted by atomic mass is 15.0. The second kappa shape index (κ2) is 12.2. The van der Waals surface area contributed by atoms with Gasteiger partial charge in [-0.25, -0.2) is 0 Å². The molecule has 0 bridgehead atoms. The molecule has 54 heavy (non-hydrogen) atoms. The molecule has 0 aliphatic heterocycles. The van der Waals surface area contributed by atoms with Crippen LogP contribution in [0.5, 0.6) is 0 Å². The Morgan fingerprint density at radius 3 is 1.81 bits per heavy atom. The first-order valence-electron chi connectivity index (χ1n) is 18.8. The lowest BCUT2D eigenvalue weighted by Crippen LogP contribution is -2.17. The predicted octanol–water partition coefficient (Wildman–Crippen LogP) is 14.0. The van der Waals surface area contributed by atoms with Gasteiger partial charge in [-0.2, -0.15) is 0 Å². The molecule has 0 N–H and O–H groups in total. The van der Waals surface area contributed by atoms with Gasteiger partial charge in [0.1, 0.15) is 0 Å². The van der Waals surface area contributed by atoms with Gasteiger partial charge in [-0.05, 0) is 106 Å². The van der Waals surface area contributed by atoms with Crippen molar-refractivity contribution in [1.29, 1.82) is 0 Å². The van der Waals surface area contributed by atoms with Crippen molar-refractivity contribution in [3.05, 3.63) is 199 Å². The number of allylic oxidation sites excluding steroid dienone is 5. The largest absolute Gasteiger partial charge is 0.309 e. The van der Waals surface area contributed by atoms with Crippen LogP contribution in [0.15, 0.2) is 188 Å². The van der Waals surface area contributed by atoms with Crippen LogP contribution in [0.25, 0.3) is 82.8 Å². The van der Waals surface area contributed by atoms with E-state index in [4.69, 9.17) is 0 Å². The van der Waals surface area contributed by atoms with Crippen molar-refractivity contribution >= 4 is 49.2 Å². The van der Waals surface area contributed by atoms with Gasteiger partial charge in [0.2, 0.25) is 0 Å². The van der Waals surface area contributed by atoms with E-state index in [1.165, 1.54) is 93.8 Å². The van der Waals surface area contributed by atoms with E-state index in [2.05, 4.69) is 206 Å². The molecule has 0 fully saturated rings. The van der Waals surface area contributed by atoms with Gasteiger partial charge in [-0.3, -0.25) is 0 Å². The number of para-hydroxylation sites is 2. The third kappa shape index (κ3) is 4.66. The molecular weight excluding hydrogens is 653 g/mol. The minimum absolute atomic E-state index is 0.227. The van der Waals surface area contributed by atoms with Gasteiger partial charge in [0.25, 0.3) is 0 Å². The van der Waals surface area contributed by atoms with E-state index in [-0.39, 0.29) is 5.41 Å². The second-order valence-electron chi connectivity index (χ2n) is 14.9. The van der Waals surface area contributed by atoms with Gasteiger partial charge in [0, 0.05) is 38.3 Å². The minimum atomic E-state index is -0.227. The first-order valence-corrected chi connectivity index (χ1v) is 18.8. The molecule has 10 rings (SSSR count). The van der Waals surface area contributed by atoms with Crippen LogP contribution >= 0.6 is 0 Å². The van der Waals surface area contributed by atoms with Gasteiger partial charge in [0.15, 0.2) is 0 Å². The van der Waals surface area contributed by atoms with Crippen molar-refractivity contribution in [3.8, 4) is 33.6 Å². The highest BCUT2D eigenvalue weighted by Gasteiger charge is 2.38. The number of nitrogens with zero attached hydrogens (tertiary/aromatic N) is 2. The van der Waals surface area contributed by atoms with Crippen molar-refractivity contribution in [2.45, 2.75) is 26.2 Å². The van der Waals surface area contributed by atoms with Crippen LogP contribution in [0.3, 0.4) is 0 Å². The van der Waals surface area contributed by atoms with Crippen molar-refractivity contribution in [1.82, 2.24) is 9.13 Å². The molecular formula is C52H40N2. The number of hydrogen-bond donors (Lipinski definition) is 0. The fourth-order valence-electron chi connectivity index (χ4n) is 9.18. The molecule has 258 valence electrons. The summed E-state index contributed by atoms with van der Waals surface area (Å²) in [5.41, 5.74) is 16.9. The lowest BCUT2D eigenvalue weighted by molar-refractivity contribution is 0.657. The summed E-state index contributed by atoms with van der Waals surface area (Å²) in [6, 6.07) is 57.8. The molecule has 0 atom stereocenters. The van der Waals surface area contributed by atoms with Crippen LogP contribution in [0.1, 0.15) is 31.9 Å². The van der Waals surface area contributed by atoms with Crippen LogP contribution in [0.4, 0.5) is 0 Å². The van der Waals surface area contributed by atoms with Crippen LogP contribution in [-0.4, -0.2) is 9.13 Å². The fraction of sp³-hybridized carbons (Fsp3) is 0.0769. The molecule has 0 unspecified atom stereocenters. The molecule has 2 nitrogen and oxygen atoms in total. The molecule has 2 heteroatoms. The third-order valence-electron chi connectivity index (χ3n) is 11.6. The quantitative estimate of drug-likeness (QED) is 0.164. The van der Waals surface area contributed by atoms with Crippen LogP contribution in [0.2, 0.25) is 0 Å². The van der Waals surface area contributed by atoms with E-state index in [1.54, 1.807) is 0 Å². The summed E-state index contributed by atoms with van der Waals surface area (Å²) in [5.74, 6) is 0. The van der Waals surface area contributed by atoms with Crippen LogP contribution < -0.4 is 0 Å². The van der Waals surface area contributed by atoms with Crippen LogP contribution in [0, 0.1) is 0 Å². The topological polar surface area (TPSA) is 9.86 Å². The zero-order valence-corrected chi connectivity index (χ0v) is 30.8. The normalized spacial score (nSPS) is 13.9. The maximum atomic E-state index is 4.29. The van der Waals surface area contributed by atoms with Crippen molar-refractivity contribution in [2.24, 2.45) is 0 Å². The van der Waals surface area contributed by atoms with Gasteiger partial charge in [-0.15, -0.1) is 0 Å². The summed E-state index contributed by atoms with van der Waals surface area (Å²) in [4.78, 5) is 0. The van der Waals surface area contributed by atoms with E-state index in [0.717, 1.165) is 5.69 Å². The van der Waals surface area contributed by atoms with E-state index >= 15 is 0 Å². The number of benzene rings is 7. The van der Waals surface area contributed by atoms with Crippen molar-refractivity contribution < 1.29 is 0 Å². The maximum absolute atomic E-state index is 4.29. The molecule has 0 amide bonds. The fourth-order valence-corrected chi connectivity index (χ4v) is 9.18. The zero-order chi connectivity index (χ0) is 36.6. The van der Waals surface area contributed by atoms with E-state index in [1.807, 2.05) is 6.08 Å².